The maximum Gasteiger partial charge on any atom is 0.292 e. The van der Waals surface area contributed by atoms with E-state index in [2.05, 4.69) is 11.4 Å². The third-order valence-electron chi connectivity index (χ3n) is 3.01. The number of benzene rings is 2. The Hall–Kier alpha value is -2.56. The van der Waals surface area contributed by atoms with Crippen LogP contribution in [0.1, 0.15) is 5.56 Å². The van der Waals surface area contributed by atoms with Crippen molar-refractivity contribution in [2.75, 3.05) is 24.3 Å². The summed E-state index contributed by atoms with van der Waals surface area (Å²) in [6.07, 6.45) is 0. The lowest BCUT2D eigenvalue weighted by Crippen LogP contribution is -2.09. The maximum absolute atomic E-state index is 10.9. The number of anilines is 2. The molecule has 2 aromatic rings. The highest BCUT2D eigenvalue weighted by atomic mass is 16.6. The predicted octanol–water partition coefficient (Wildman–Crippen LogP) is 3.27. The molecule has 5 heteroatoms. The fraction of sp³-hybridized carbons (Fsp3) is 0.200. The Bertz CT molecular complexity index is 612. The van der Waals surface area contributed by atoms with Gasteiger partial charge in [-0.15, -0.1) is 0 Å². The van der Waals surface area contributed by atoms with Gasteiger partial charge in [-0.25, -0.2) is 0 Å². The molecule has 104 valence electrons. The zero-order valence-electron chi connectivity index (χ0n) is 11.5. The number of para-hydroxylation sites is 2. The second kappa shape index (κ2) is 6.06. The quantitative estimate of drug-likeness (QED) is 0.669. The molecule has 0 bridgehead atoms. The molecule has 0 heterocycles. The second-order valence-corrected chi connectivity index (χ2v) is 4.69. The van der Waals surface area contributed by atoms with Gasteiger partial charge in [0.15, 0.2) is 0 Å². The van der Waals surface area contributed by atoms with Gasteiger partial charge in [0.1, 0.15) is 5.69 Å². The Morgan fingerprint density at radius 1 is 1.15 bits per heavy atom. The molecular weight excluding hydrogens is 254 g/mol. The lowest BCUT2D eigenvalue weighted by molar-refractivity contribution is -0.384. The van der Waals surface area contributed by atoms with Crippen molar-refractivity contribution >= 4 is 17.1 Å². The molecule has 1 N–H and O–H groups in total. The summed E-state index contributed by atoms with van der Waals surface area (Å²) in [6, 6.07) is 14.7. The van der Waals surface area contributed by atoms with Crippen LogP contribution in [0.5, 0.6) is 0 Å². The van der Waals surface area contributed by atoms with Crippen molar-refractivity contribution in [3.05, 3.63) is 64.2 Å². The van der Waals surface area contributed by atoms with Crippen molar-refractivity contribution in [3.8, 4) is 0 Å². The van der Waals surface area contributed by atoms with Crippen molar-refractivity contribution in [2.45, 2.75) is 6.54 Å². The largest absolute Gasteiger partial charge is 0.378 e. The summed E-state index contributed by atoms with van der Waals surface area (Å²) in [5, 5.41) is 14.1. The van der Waals surface area contributed by atoms with E-state index in [0.29, 0.717) is 12.2 Å². The molecule has 0 aromatic heterocycles. The lowest BCUT2D eigenvalue weighted by Gasteiger charge is -2.14. The van der Waals surface area contributed by atoms with E-state index in [1.165, 1.54) is 6.07 Å². The van der Waals surface area contributed by atoms with E-state index < -0.39 is 0 Å². The summed E-state index contributed by atoms with van der Waals surface area (Å²) in [7, 11) is 3.96. The van der Waals surface area contributed by atoms with Crippen LogP contribution in [-0.2, 0) is 6.54 Å². The molecular formula is C15H17N3O2. The average molecular weight is 271 g/mol. The molecule has 0 aliphatic heterocycles. The summed E-state index contributed by atoms with van der Waals surface area (Å²) < 4.78 is 0. The molecule has 0 saturated carbocycles. The zero-order valence-corrected chi connectivity index (χ0v) is 11.5. The maximum atomic E-state index is 10.9. The minimum Gasteiger partial charge on any atom is -0.378 e. The van der Waals surface area contributed by atoms with Crippen LogP contribution in [0.2, 0.25) is 0 Å². The Morgan fingerprint density at radius 3 is 2.60 bits per heavy atom. The Morgan fingerprint density at radius 2 is 1.90 bits per heavy atom. The molecule has 0 amide bonds. The molecule has 0 saturated heterocycles. The van der Waals surface area contributed by atoms with Crippen LogP contribution in [-0.4, -0.2) is 19.0 Å². The molecule has 0 spiro atoms. The first-order valence-electron chi connectivity index (χ1n) is 6.31. The van der Waals surface area contributed by atoms with Crippen molar-refractivity contribution in [1.29, 1.82) is 0 Å². The van der Waals surface area contributed by atoms with Crippen molar-refractivity contribution in [2.24, 2.45) is 0 Å². The Labute approximate surface area is 118 Å². The molecule has 0 fully saturated rings. The third-order valence-corrected chi connectivity index (χ3v) is 3.01. The molecule has 5 nitrogen and oxygen atoms in total. The predicted molar refractivity (Wildman–Crippen MR) is 81.2 cm³/mol. The van der Waals surface area contributed by atoms with Gasteiger partial charge in [-0.3, -0.25) is 10.1 Å². The van der Waals surface area contributed by atoms with E-state index in [0.717, 1.165) is 11.3 Å². The molecule has 0 atom stereocenters. The second-order valence-electron chi connectivity index (χ2n) is 4.69. The van der Waals surface area contributed by atoms with Crippen LogP contribution in [0.3, 0.4) is 0 Å². The average Bonchev–Trinajstić information content (AvgIpc) is 2.45. The highest BCUT2D eigenvalue weighted by Crippen LogP contribution is 2.24. The first-order valence-corrected chi connectivity index (χ1v) is 6.31. The number of hydrogen-bond donors (Lipinski definition) is 1. The highest BCUT2D eigenvalue weighted by Gasteiger charge is 2.11. The van der Waals surface area contributed by atoms with Gasteiger partial charge < -0.3 is 10.2 Å². The summed E-state index contributed by atoms with van der Waals surface area (Å²) in [4.78, 5) is 12.6. The van der Waals surface area contributed by atoms with Gasteiger partial charge >= 0.3 is 0 Å². The number of nitrogens with one attached hydrogen (secondary N) is 1. The fourth-order valence-corrected chi connectivity index (χ4v) is 1.92. The first-order chi connectivity index (χ1) is 9.58. The normalized spacial score (nSPS) is 10.1. The van der Waals surface area contributed by atoms with E-state index in [-0.39, 0.29) is 10.6 Å². The van der Waals surface area contributed by atoms with E-state index in [9.17, 15) is 10.1 Å². The van der Waals surface area contributed by atoms with Gasteiger partial charge in [0.2, 0.25) is 0 Å². The number of nitrogens with zero attached hydrogens (tertiary/aromatic N) is 2. The lowest BCUT2D eigenvalue weighted by atomic mass is 10.2. The molecule has 2 rings (SSSR count). The van der Waals surface area contributed by atoms with Crippen molar-refractivity contribution in [1.82, 2.24) is 0 Å². The van der Waals surface area contributed by atoms with Crippen LogP contribution in [0.25, 0.3) is 0 Å². The van der Waals surface area contributed by atoms with Crippen LogP contribution >= 0.6 is 0 Å². The number of rotatable bonds is 5. The summed E-state index contributed by atoms with van der Waals surface area (Å²) in [5.74, 6) is 0. The molecule has 20 heavy (non-hydrogen) atoms. The SMILES string of the molecule is CN(C)c1cccc(CNc2ccccc2[N+](=O)[O-])c1. The highest BCUT2D eigenvalue weighted by molar-refractivity contribution is 5.61. The molecule has 2 aromatic carbocycles. The minimum atomic E-state index is -0.376. The van der Waals surface area contributed by atoms with E-state index in [4.69, 9.17) is 0 Å². The topological polar surface area (TPSA) is 58.4 Å². The minimum absolute atomic E-state index is 0.0938. The molecule has 0 aliphatic rings. The Kier molecular flexibility index (Phi) is 4.20. The van der Waals surface area contributed by atoms with Gasteiger partial charge in [-0.1, -0.05) is 24.3 Å². The van der Waals surface area contributed by atoms with Crippen molar-refractivity contribution < 1.29 is 4.92 Å². The van der Waals surface area contributed by atoms with Gasteiger partial charge in [-0.2, -0.15) is 0 Å². The molecule has 0 unspecified atom stereocenters. The third kappa shape index (κ3) is 3.26. The van der Waals surface area contributed by atoms with E-state index in [1.807, 2.05) is 37.2 Å². The van der Waals surface area contributed by atoms with Crippen molar-refractivity contribution in [3.63, 3.8) is 0 Å². The van der Waals surface area contributed by atoms with Crippen LogP contribution in [0.4, 0.5) is 17.1 Å². The van der Waals surface area contributed by atoms with Gasteiger partial charge in [0.25, 0.3) is 5.69 Å². The number of nitro groups is 1. The van der Waals surface area contributed by atoms with Crippen LogP contribution in [0, 0.1) is 10.1 Å². The molecule has 0 radical (unpaired) electrons. The summed E-state index contributed by atoms with van der Waals surface area (Å²) in [5.41, 5.74) is 2.81. The van der Waals surface area contributed by atoms with Crippen LogP contribution < -0.4 is 10.2 Å². The Balaban J connectivity index is 2.13. The van der Waals surface area contributed by atoms with Gasteiger partial charge in [0.05, 0.1) is 4.92 Å². The van der Waals surface area contributed by atoms with Gasteiger partial charge in [0, 0.05) is 32.4 Å². The van der Waals surface area contributed by atoms with Crippen LogP contribution in [0.15, 0.2) is 48.5 Å². The smallest absolute Gasteiger partial charge is 0.292 e. The fourth-order valence-electron chi connectivity index (χ4n) is 1.92. The molecule has 0 aliphatic carbocycles. The zero-order chi connectivity index (χ0) is 14.5. The first kappa shape index (κ1) is 13.9. The van der Waals surface area contributed by atoms with E-state index in [1.54, 1.807) is 18.2 Å². The standard InChI is InChI=1S/C15H17N3O2/c1-17(2)13-7-5-6-12(10-13)11-16-14-8-3-4-9-15(14)18(19)20/h3-10,16H,11H2,1-2H3. The van der Waals surface area contributed by atoms with E-state index >= 15 is 0 Å². The number of nitro benzene ring substituents is 1. The monoisotopic (exact) mass is 271 g/mol. The summed E-state index contributed by atoms with van der Waals surface area (Å²) >= 11 is 0. The summed E-state index contributed by atoms with van der Waals surface area (Å²) in [6.45, 7) is 0.548. The van der Waals surface area contributed by atoms with Gasteiger partial charge in [-0.05, 0) is 23.8 Å². The number of hydrogen-bond acceptors (Lipinski definition) is 4.